The van der Waals surface area contributed by atoms with Gasteiger partial charge in [0.1, 0.15) is 0 Å². The van der Waals surface area contributed by atoms with Gasteiger partial charge in [0, 0.05) is 36.8 Å². The third-order valence-corrected chi connectivity index (χ3v) is 6.08. The van der Waals surface area contributed by atoms with Crippen molar-refractivity contribution in [3.05, 3.63) is 46.8 Å². The van der Waals surface area contributed by atoms with E-state index in [0.29, 0.717) is 18.4 Å². The molecule has 0 radical (unpaired) electrons. The van der Waals surface area contributed by atoms with E-state index in [9.17, 15) is 9.59 Å². The van der Waals surface area contributed by atoms with Crippen LogP contribution in [-0.2, 0) is 16.0 Å². The van der Waals surface area contributed by atoms with E-state index < -0.39 is 0 Å². The first-order chi connectivity index (χ1) is 14.9. The topological polar surface area (TPSA) is 76.5 Å². The minimum Gasteiger partial charge on any atom is -0.469 e. The number of aromatic nitrogens is 2. The second kappa shape index (κ2) is 10.6. The lowest BCUT2D eigenvalue weighted by atomic mass is 10.0. The van der Waals surface area contributed by atoms with Gasteiger partial charge in [-0.15, -0.1) is 0 Å². The lowest BCUT2D eigenvalue weighted by Gasteiger charge is -2.32. The molecule has 2 aromatic rings. The fourth-order valence-corrected chi connectivity index (χ4v) is 4.26. The van der Waals surface area contributed by atoms with Crippen LogP contribution in [0.15, 0.2) is 24.3 Å². The number of carbonyl (C=O) groups excluding carboxylic acids is 2. The second-order valence-electron chi connectivity index (χ2n) is 8.27. The summed E-state index contributed by atoms with van der Waals surface area (Å²) in [7, 11) is 1.40. The zero-order valence-electron chi connectivity index (χ0n) is 19.1. The lowest BCUT2D eigenvalue weighted by Crippen LogP contribution is -2.44. The molecule has 7 nitrogen and oxygen atoms in total. The number of likely N-dealkylation sites (tertiary alicyclic amines) is 1. The van der Waals surface area contributed by atoms with Crippen molar-refractivity contribution in [3.63, 3.8) is 0 Å². The Bertz CT molecular complexity index is 896. The van der Waals surface area contributed by atoms with Gasteiger partial charge in [-0.05, 0) is 75.9 Å². The number of rotatable bonds is 8. The molecule has 2 heterocycles. The minimum atomic E-state index is -0.224. The predicted octanol–water partition coefficient (Wildman–Crippen LogP) is 3.20. The number of hydrogen-bond donors (Lipinski definition) is 1. The maximum atomic E-state index is 12.7. The monoisotopic (exact) mass is 426 g/mol. The molecule has 1 fully saturated rings. The van der Waals surface area contributed by atoms with Crippen LogP contribution in [0.3, 0.4) is 0 Å². The van der Waals surface area contributed by atoms with Gasteiger partial charge in [0.05, 0.1) is 18.5 Å². The van der Waals surface area contributed by atoms with Gasteiger partial charge in [0.15, 0.2) is 0 Å². The molecule has 1 aliphatic rings. The van der Waals surface area contributed by atoms with Crippen molar-refractivity contribution in [2.45, 2.75) is 58.9 Å². The average molecular weight is 427 g/mol. The number of carbonyl (C=O) groups is 2. The minimum absolute atomic E-state index is 0.0207. The summed E-state index contributed by atoms with van der Waals surface area (Å²) in [6, 6.07) is 7.78. The van der Waals surface area contributed by atoms with E-state index >= 15 is 0 Å². The van der Waals surface area contributed by atoms with E-state index in [1.54, 1.807) is 0 Å². The number of nitrogens with one attached hydrogen (secondary N) is 1. The number of amides is 1. The Balaban J connectivity index is 1.62. The van der Waals surface area contributed by atoms with Crippen molar-refractivity contribution < 1.29 is 14.3 Å². The second-order valence-corrected chi connectivity index (χ2v) is 8.27. The van der Waals surface area contributed by atoms with Crippen LogP contribution >= 0.6 is 0 Å². The molecule has 0 atom stereocenters. The quantitative estimate of drug-likeness (QED) is 0.656. The first-order valence-corrected chi connectivity index (χ1v) is 11.2. The zero-order chi connectivity index (χ0) is 22.4. The molecule has 168 valence electrons. The van der Waals surface area contributed by atoms with Gasteiger partial charge in [-0.1, -0.05) is 6.92 Å². The number of aryl methyl sites for hydroxylation is 1. The molecule has 1 N–H and O–H groups in total. The molecule has 3 rings (SSSR count). The average Bonchev–Trinajstić information content (AvgIpc) is 3.07. The molecule has 31 heavy (non-hydrogen) atoms. The molecular weight excluding hydrogens is 392 g/mol. The predicted molar refractivity (Wildman–Crippen MR) is 121 cm³/mol. The van der Waals surface area contributed by atoms with Crippen LogP contribution in [0.4, 0.5) is 0 Å². The molecule has 0 spiro atoms. The standard InChI is InChI=1S/C24H34N4O3/c1-5-14-27-15-12-20(13-16-27)25-24(30)19-6-8-21(9-7-19)28-18(3)22(17(2)26-28)10-11-23(29)31-4/h6-9,20H,5,10-16H2,1-4H3,(H,25,30). The van der Waals surface area contributed by atoms with E-state index in [-0.39, 0.29) is 17.9 Å². The van der Waals surface area contributed by atoms with Gasteiger partial charge >= 0.3 is 5.97 Å². The molecular formula is C24H34N4O3. The molecule has 1 aromatic carbocycles. The van der Waals surface area contributed by atoms with Gasteiger partial charge in [0.2, 0.25) is 0 Å². The highest BCUT2D eigenvalue weighted by atomic mass is 16.5. The van der Waals surface area contributed by atoms with Gasteiger partial charge in [-0.3, -0.25) is 9.59 Å². The summed E-state index contributed by atoms with van der Waals surface area (Å²) < 4.78 is 6.61. The number of piperidine rings is 1. The summed E-state index contributed by atoms with van der Waals surface area (Å²) in [6.07, 6.45) is 4.11. The van der Waals surface area contributed by atoms with Crippen molar-refractivity contribution >= 4 is 11.9 Å². The SMILES string of the molecule is CCCN1CCC(NC(=O)c2ccc(-n3nc(C)c(CCC(=O)OC)c3C)cc2)CC1. The maximum absolute atomic E-state index is 12.7. The number of ether oxygens (including phenoxy) is 1. The summed E-state index contributed by atoms with van der Waals surface area (Å²) in [5.74, 6) is -0.245. The number of methoxy groups -OCH3 is 1. The van der Waals surface area contributed by atoms with Crippen molar-refractivity contribution in [2.24, 2.45) is 0 Å². The van der Waals surface area contributed by atoms with Crippen molar-refractivity contribution in [3.8, 4) is 5.69 Å². The van der Waals surface area contributed by atoms with Crippen LogP contribution in [-0.4, -0.2) is 59.3 Å². The van der Waals surface area contributed by atoms with Crippen LogP contribution in [0, 0.1) is 13.8 Å². The van der Waals surface area contributed by atoms with E-state index in [1.165, 1.54) is 13.5 Å². The van der Waals surface area contributed by atoms with Gasteiger partial charge < -0.3 is 15.0 Å². The molecule has 0 saturated carbocycles. The van der Waals surface area contributed by atoms with Crippen molar-refractivity contribution in [1.82, 2.24) is 20.0 Å². The summed E-state index contributed by atoms with van der Waals surface area (Å²) >= 11 is 0. The van der Waals surface area contributed by atoms with E-state index in [2.05, 4.69) is 22.2 Å². The van der Waals surface area contributed by atoms with Gasteiger partial charge in [-0.25, -0.2) is 4.68 Å². The molecule has 0 bridgehead atoms. The van der Waals surface area contributed by atoms with Crippen LogP contribution in [0.25, 0.3) is 5.69 Å². The third kappa shape index (κ3) is 5.73. The molecule has 0 unspecified atom stereocenters. The molecule has 1 saturated heterocycles. The Hall–Kier alpha value is -2.67. The van der Waals surface area contributed by atoms with Crippen LogP contribution in [0.2, 0.25) is 0 Å². The highest BCUT2D eigenvalue weighted by molar-refractivity contribution is 5.94. The molecule has 1 amide bonds. The Morgan fingerprint density at radius 2 is 1.84 bits per heavy atom. The maximum Gasteiger partial charge on any atom is 0.305 e. The first-order valence-electron chi connectivity index (χ1n) is 11.2. The van der Waals surface area contributed by atoms with Crippen molar-refractivity contribution in [1.29, 1.82) is 0 Å². The number of hydrogen-bond acceptors (Lipinski definition) is 5. The first kappa shape index (κ1) is 23.0. The summed E-state index contributed by atoms with van der Waals surface area (Å²) in [4.78, 5) is 26.6. The third-order valence-electron chi connectivity index (χ3n) is 6.08. The zero-order valence-corrected chi connectivity index (χ0v) is 19.1. The summed E-state index contributed by atoms with van der Waals surface area (Å²) in [6.45, 7) is 9.38. The Kier molecular flexibility index (Phi) is 7.85. The number of benzene rings is 1. The highest BCUT2D eigenvalue weighted by Gasteiger charge is 2.21. The van der Waals surface area contributed by atoms with E-state index in [4.69, 9.17) is 4.74 Å². The Morgan fingerprint density at radius 1 is 1.16 bits per heavy atom. The van der Waals surface area contributed by atoms with E-state index in [0.717, 1.165) is 55.1 Å². The molecule has 1 aromatic heterocycles. The number of nitrogens with zero attached hydrogens (tertiary/aromatic N) is 3. The normalized spacial score (nSPS) is 15.1. The largest absolute Gasteiger partial charge is 0.469 e. The molecule has 0 aliphatic carbocycles. The van der Waals surface area contributed by atoms with Crippen LogP contribution in [0.5, 0.6) is 0 Å². The Labute approximate surface area is 184 Å². The van der Waals surface area contributed by atoms with Crippen molar-refractivity contribution in [2.75, 3.05) is 26.7 Å². The lowest BCUT2D eigenvalue weighted by molar-refractivity contribution is -0.140. The van der Waals surface area contributed by atoms with Gasteiger partial charge in [0.25, 0.3) is 5.91 Å². The van der Waals surface area contributed by atoms with Gasteiger partial charge in [-0.2, -0.15) is 5.10 Å². The fraction of sp³-hybridized carbons (Fsp3) is 0.542. The van der Waals surface area contributed by atoms with Crippen LogP contribution in [0.1, 0.15) is 59.9 Å². The number of esters is 1. The molecule has 7 heteroatoms. The van der Waals surface area contributed by atoms with Crippen LogP contribution < -0.4 is 5.32 Å². The fourth-order valence-electron chi connectivity index (χ4n) is 4.26. The summed E-state index contributed by atoms with van der Waals surface area (Å²) in [5, 5.41) is 7.82. The van der Waals surface area contributed by atoms with E-state index in [1.807, 2.05) is 42.8 Å². The highest BCUT2D eigenvalue weighted by Crippen LogP contribution is 2.20. The molecule has 1 aliphatic heterocycles. The smallest absolute Gasteiger partial charge is 0.305 e. The summed E-state index contributed by atoms with van der Waals surface area (Å²) in [5.41, 5.74) is 4.51. The Morgan fingerprint density at radius 3 is 2.45 bits per heavy atom.